The summed E-state index contributed by atoms with van der Waals surface area (Å²) in [5.41, 5.74) is 5.62. The van der Waals surface area contributed by atoms with Gasteiger partial charge < -0.3 is 20.7 Å². The van der Waals surface area contributed by atoms with Crippen LogP contribution in [-0.2, 0) is 6.61 Å². The number of urea groups is 1. The van der Waals surface area contributed by atoms with Gasteiger partial charge in [-0.1, -0.05) is 22.0 Å². The average molecular weight is 460 g/mol. The monoisotopic (exact) mass is 459 g/mol. The highest BCUT2D eigenvalue weighted by Crippen LogP contribution is 2.31. The molecule has 0 unspecified atom stereocenters. The zero-order valence-corrected chi connectivity index (χ0v) is 17.1. The highest BCUT2D eigenvalue weighted by Gasteiger charge is 2.22. The Morgan fingerprint density at radius 3 is 2.78 bits per heavy atom. The number of nitrogens with one attached hydrogen (secondary N) is 2. The van der Waals surface area contributed by atoms with E-state index in [9.17, 15) is 14.0 Å². The fourth-order valence-electron chi connectivity index (χ4n) is 2.00. The number of rotatable bonds is 8. The molecule has 2 aromatic rings. The summed E-state index contributed by atoms with van der Waals surface area (Å²) in [4.78, 5) is 25.6. The molecule has 0 atom stereocenters. The number of anilines is 1. The highest BCUT2D eigenvalue weighted by atomic mass is 79.9. The van der Waals surface area contributed by atoms with E-state index in [1.807, 2.05) is 19.0 Å². The molecule has 0 bridgehead atoms. The van der Waals surface area contributed by atoms with E-state index in [2.05, 4.69) is 30.9 Å². The molecule has 3 amide bonds. The van der Waals surface area contributed by atoms with Crippen molar-refractivity contribution in [3.05, 3.63) is 39.6 Å². The quantitative estimate of drug-likeness (QED) is 0.561. The number of hydrogen-bond donors (Lipinski definition) is 3. The van der Waals surface area contributed by atoms with Crippen molar-refractivity contribution < 1.29 is 18.7 Å². The maximum absolute atomic E-state index is 13.9. The van der Waals surface area contributed by atoms with Crippen LogP contribution < -0.4 is 21.1 Å². The Morgan fingerprint density at radius 2 is 2.15 bits per heavy atom. The minimum absolute atomic E-state index is 0.0553. The van der Waals surface area contributed by atoms with Crippen molar-refractivity contribution in [1.29, 1.82) is 0 Å². The van der Waals surface area contributed by atoms with Crippen molar-refractivity contribution >= 4 is 44.4 Å². The predicted octanol–water partition coefficient (Wildman–Crippen LogP) is 2.41. The van der Waals surface area contributed by atoms with Gasteiger partial charge >= 0.3 is 6.03 Å². The average Bonchev–Trinajstić information content (AvgIpc) is 2.96. The van der Waals surface area contributed by atoms with Gasteiger partial charge in [0.25, 0.3) is 5.91 Å². The number of carbonyl (C=O) groups excluding carboxylic acids is 2. The van der Waals surface area contributed by atoms with E-state index < -0.39 is 17.8 Å². The molecule has 0 fully saturated rings. The summed E-state index contributed by atoms with van der Waals surface area (Å²) in [5, 5.41) is 5.34. The number of primary amides is 1. The lowest BCUT2D eigenvalue weighted by Crippen LogP contribution is -2.34. The summed E-state index contributed by atoms with van der Waals surface area (Å²) in [7, 11) is 3.76. The largest absolute Gasteiger partial charge is 0.471 e. The molecule has 27 heavy (non-hydrogen) atoms. The van der Waals surface area contributed by atoms with Crippen LogP contribution >= 0.6 is 27.5 Å². The van der Waals surface area contributed by atoms with E-state index in [0.717, 1.165) is 11.5 Å². The first-order chi connectivity index (χ1) is 12.8. The highest BCUT2D eigenvalue weighted by molar-refractivity contribution is 9.10. The van der Waals surface area contributed by atoms with Crippen LogP contribution in [0.2, 0.25) is 0 Å². The van der Waals surface area contributed by atoms with Crippen LogP contribution in [0.5, 0.6) is 5.88 Å². The maximum atomic E-state index is 13.9. The molecule has 146 valence electrons. The fourth-order valence-corrected chi connectivity index (χ4v) is 3.07. The van der Waals surface area contributed by atoms with Gasteiger partial charge in [0.2, 0.25) is 5.88 Å². The summed E-state index contributed by atoms with van der Waals surface area (Å²) in [6, 6.07) is 4.03. The fraction of sp³-hybridized carbons (Fsp3) is 0.312. The second-order valence-electron chi connectivity index (χ2n) is 5.76. The summed E-state index contributed by atoms with van der Waals surface area (Å²) < 4.78 is 23.9. The molecule has 0 aliphatic carbocycles. The number of ether oxygens (including phenoxy) is 1. The van der Waals surface area contributed by atoms with Crippen molar-refractivity contribution in [2.24, 2.45) is 5.73 Å². The zero-order chi connectivity index (χ0) is 20.0. The van der Waals surface area contributed by atoms with Crippen LogP contribution in [-0.4, -0.2) is 48.4 Å². The number of nitrogens with zero attached hydrogens (tertiary/aromatic N) is 2. The van der Waals surface area contributed by atoms with Gasteiger partial charge in [-0.3, -0.25) is 10.1 Å². The number of hydrogen-bond acceptors (Lipinski definition) is 6. The predicted molar refractivity (Wildman–Crippen MR) is 105 cm³/mol. The molecule has 1 aromatic heterocycles. The molecular formula is C16H19BrFN5O3S. The molecule has 0 spiro atoms. The number of carbonyl (C=O) groups is 2. The summed E-state index contributed by atoms with van der Waals surface area (Å²) >= 11 is 4.03. The van der Waals surface area contributed by atoms with Crippen molar-refractivity contribution in [3.8, 4) is 5.88 Å². The molecule has 0 aliphatic heterocycles. The number of aromatic nitrogens is 1. The van der Waals surface area contributed by atoms with Crippen molar-refractivity contribution in [2.75, 3.05) is 32.5 Å². The Balaban J connectivity index is 2.05. The number of halogens is 2. The third-order valence-corrected chi connectivity index (χ3v) is 4.60. The van der Waals surface area contributed by atoms with E-state index in [-0.39, 0.29) is 28.6 Å². The van der Waals surface area contributed by atoms with Gasteiger partial charge in [0.05, 0.1) is 0 Å². The SMILES string of the molecule is CN(C)CCNC(=O)Nc1snc(OCc2ccc(Br)cc2F)c1C(N)=O. The molecule has 1 heterocycles. The number of likely N-dealkylation sites (N-methyl/N-ethyl adjacent to an activating group) is 1. The topological polar surface area (TPSA) is 110 Å². The minimum atomic E-state index is -0.807. The minimum Gasteiger partial charge on any atom is -0.471 e. The summed E-state index contributed by atoms with van der Waals surface area (Å²) in [6.45, 7) is 0.944. The Bertz CT molecular complexity index is 830. The first-order valence-corrected chi connectivity index (χ1v) is 9.40. The van der Waals surface area contributed by atoms with Crippen LogP contribution in [0.15, 0.2) is 22.7 Å². The normalized spacial score (nSPS) is 10.7. The van der Waals surface area contributed by atoms with E-state index in [1.165, 1.54) is 6.07 Å². The molecule has 0 saturated carbocycles. The molecule has 0 saturated heterocycles. The van der Waals surface area contributed by atoms with Gasteiger partial charge in [-0.25, -0.2) is 9.18 Å². The van der Waals surface area contributed by atoms with Gasteiger partial charge in [0, 0.05) is 23.1 Å². The Labute approximate surface area is 168 Å². The van der Waals surface area contributed by atoms with Crippen LogP contribution in [0.3, 0.4) is 0 Å². The van der Waals surface area contributed by atoms with Crippen LogP contribution in [0.25, 0.3) is 0 Å². The Morgan fingerprint density at radius 1 is 1.41 bits per heavy atom. The lowest BCUT2D eigenvalue weighted by Gasteiger charge is -2.11. The molecule has 1 aromatic carbocycles. The molecule has 11 heteroatoms. The third kappa shape index (κ3) is 6.15. The second-order valence-corrected chi connectivity index (χ2v) is 7.45. The smallest absolute Gasteiger partial charge is 0.319 e. The zero-order valence-electron chi connectivity index (χ0n) is 14.7. The molecule has 8 nitrogen and oxygen atoms in total. The van der Waals surface area contributed by atoms with Crippen molar-refractivity contribution in [1.82, 2.24) is 14.6 Å². The van der Waals surface area contributed by atoms with Gasteiger partial charge in [-0.2, -0.15) is 4.37 Å². The van der Waals surface area contributed by atoms with Crippen LogP contribution in [0, 0.1) is 5.82 Å². The third-order valence-electron chi connectivity index (χ3n) is 3.36. The van der Waals surface area contributed by atoms with E-state index in [1.54, 1.807) is 12.1 Å². The Kier molecular flexibility index (Phi) is 7.51. The van der Waals surface area contributed by atoms with Crippen LogP contribution in [0.1, 0.15) is 15.9 Å². The first kappa shape index (κ1) is 21.1. The van der Waals surface area contributed by atoms with Gasteiger partial charge in [0.1, 0.15) is 23.0 Å². The molecule has 0 aliphatic rings. The lowest BCUT2D eigenvalue weighted by molar-refractivity contribution is 0.0996. The van der Waals surface area contributed by atoms with E-state index >= 15 is 0 Å². The van der Waals surface area contributed by atoms with Gasteiger partial charge in [0.15, 0.2) is 0 Å². The molecule has 0 radical (unpaired) electrons. The van der Waals surface area contributed by atoms with E-state index in [4.69, 9.17) is 10.5 Å². The second kappa shape index (κ2) is 9.62. The first-order valence-electron chi connectivity index (χ1n) is 7.83. The standard InChI is InChI=1S/C16H19BrFN5O3S/c1-23(2)6-5-20-16(25)21-15-12(13(19)24)14(22-27-15)26-8-9-3-4-10(17)7-11(9)18/h3-4,7H,5-6,8H2,1-2H3,(H2,19,24)(H2,20,21,25). The van der Waals surface area contributed by atoms with Gasteiger partial charge in [-0.15, -0.1) is 0 Å². The molecular weight excluding hydrogens is 441 g/mol. The molecule has 4 N–H and O–H groups in total. The lowest BCUT2D eigenvalue weighted by atomic mass is 10.2. The number of benzene rings is 1. The number of amides is 3. The van der Waals surface area contributed by atoms with E-state index in [0.29, 0.717) is 17.6 Å². The van der Waals surface area contributed by atoms with Crippen molar-refractivity contribution in [3.63, 3.8) is 0 Å². The van der Waals surface area contributed by atoms with Gasteiger partial charge in [-0.05, 0) is 37.8 Å². The summed E-state index contributed by atoms with van der Waals surface area (Å²) in [6.07, 6.45) is 0. The Hall–Kier alpha value is -2.24. The summed E-state index contributed by atoms with van der Waals surface area (Å²) in [5.74, 6) is -1.32. The van der Waals surface area contributed by atoms with Crippen molar-refractivity contribution in [2.45, 2.75) is 6.61 Å². The number of nitrogens with two attached hydrogens (primary N) is 1. The van der Waals surface area contributed by atoms with Crippen LogP contribution in [0.4, 0.5) is 14.2 Å². The molecule has 2 rings (SSSR count). The maximum Gasteiger partial charge on any atom is 0.319 e.